The molecular weight excluding hydrogens is 182 g/mol. The van der Waals surface area contributed by atoms with Gasteiger partial charge in [-0.3, -0.25) is 0 Å². The highest BCUT2D eigenvalue weighted by molar-refractivity contribution is 4.71. The molecule has 0 spiro atoms. The molecule has 0 aliphatic carbocycles. The van der Waals surface area contributed by atoms with Crippen LogP contribution in [0.25, 0.3) is 0 Å². The van der Waals surface area contributed by atoms with Crippen molar-refractivity contribution in [3.63, 3.8) is 0 Å². The highest BCUT2D eigenvalue weighted by atomic mass is 16.7. The average molecular weight is 201 g/mol. The Kier molecular flexibility index (Phi) is 3.75. The lowest BCUT2D eigenvalue weighted by atomic mass is 10.1. The zero-order valence-corrected chi connectivity index (χ0v) is 8.48. The predicted molar refractivity (Wildman–Crippen MR) is 51.9 cm³/mol. The van der Waals surface area contributed by atoms with E-state index in [1.165, 1.54) is 12.8 Å². The molecule has 2 saturated heterocycles. The maximum Gasteiger partial charge on any atom is 0.160 e. The SMILES string of the molecule is NCC1COC(CC2CCCCO2)O1. The molecule has 3 atom stereocenters. The van der Waals surface area contributed by atoms with Gasteiger partial charge in [0.1, 0.15) is 0 Å². The molecule has 0 bridgehead atoms. The van der Waals surface area contributed by atoms with Crippen LogP contribution in [0.4, 0.5) is 0 Å². The largest absolute Gasteiger partial charge is 0.378 e. The first-order chi connectivity index (χ1) is 6.88. The normalized spacial score (nSPS) is 38.8. The van der Waals surface area contributed by atoms with Gasteiger partial charge in [-0.05, 0) is 19.3 Å². The van der Waals surface area contributed by atoms with E-state index in [1.807, 2.05) is 0 Å². The lowest BCUT2D eigenvalue weighted by Crippen LogP contribution is -2.27. The van der Waals surface area contributed by atoms with E-state index in [-0.39, 0.29) is 12.4 Å². The molecule has 0 saturated carbocycles. The van der Waals surface area contributed by atoms with E-state index in [0.29, 0.717) is 19.3 Å². The number of nitrogens with two attached hydrogens (primary N) is 1. The van der Waals surface area contributed by atoms with Crippen LogP contribution in [0, 0.1) is 0 Å². The van der Waals surface area contributed by atoms with Crippen LogP contribution in [0.5, 0.6) is 0 Å². The topological polar surface area (TPSA) is 53.7 Å². The lowest BCUT2D eigenvalue weighted by Gasteiger charge is -2.24. The van der Waals surface area contributed by atoms with Crippen molar-refractivity contribution >= 4 is 0 Å². The van der Waals surface area contributed by atoms with Gasteiger partial charge in [0.15, 0.2) is 6.29 Å². The van der Waals surface area contributed by atoms with Crippen molar-refractivity contribution < 1.29 is 14.2 Å². The summed E-state index contributed by atoms with van der Waals surface area (Å²) in [6.07, 6.45) is 4.76. The third kappa shape index (κ3) is 2.67. The molecule has 2 aliphatic rings. The Morgan fingerprint density at radius 2 is 2.07 bits per heavy atom. The molecule has 0 aromatic rings. The van der Waals surface area contributed by atoms with Gasteiger partial charge in [-0.15, -0.1) is 0 Å². The summed E-state index contributed by atoms with van der Waals surface area (Å²) in [7, 11) is 0. The summed E-state index contributed by atoms with van der Waals surface area (Å²) >= 11 is 0. The molecule has 4 nitrogen and oxygen atoms in total. The summed E-state index contributed by atoms with van der Waals surface area (Å²) in [6, 6.07) is 0. The maximum absolute atomic E-state index is 5.62. The van der Waals surface area contributed by atoms with Gasteiger partial charge in [-0.1, -0.05) is 0 Å². The maximum atomic E-state index is 5.62. The second-order valence-electron chi connectivity index (χ2n) is 3.98. The zero-order chi connectivity index (χ0) is 9.80. The molecule has 14 heavy (non-hydrogen) atoms. The van der Waals surface area contributed by atoms with E-state index >= 15 is 0 Å². The van der Waals surface area contributed by atoms with Crippen molar-refractivity contribution in [3.8, 4) is 0 Å². The quantitative estimate of drug-likeness (QED) is 0.728. The Hall–Kier alpha value is -0.160. The fourth-order valence-electron chi connectivity index (χ4n) is 1.96. The molecule has 2 heterocycles. The lowest BCUT2D eigenvalue weighted by molar-refractivity contribution is -0.101. The van der Waals surface area contributed by atoms with Crippen LogP contribution < -0.4 is 5.73 Å². The highest BCUT2D eigenvalue weighted by Gasteiger charge is 2.28. The number of hydrogen-bond donors (Lipinski definition) is 1. The number of ether oxygens (including phenoxy) is 3. The van der Waals surface area contributed by atoms with E-state index in [4.69, 9.17) is 19.9 Å². The van der Waals surface area contributed by atoms with E-state index < -0.39 is 0 Å². The van der Waals surface area contributed by atoms with E-state index in [2.05, 4.69) is 0 Å². The van der Waals surface area contributed by atoms with Gasteiger partial charge >= 0.3 is 0 Å². The summed E-state index contributed by atoms with van der Waals surface area (Å²) in [5.41, 5.74) is 5.49. The average Bonchev–Trinajstić information content (AvgIpc) is 2.67. The number of rotatable bonds is 3. The zero-order valence-electron chi connectivity index (χ0n) is 8.48. The van der Waals surface area contributed by atoms with Crippen molar-refractivity contribution in [1.29, 1.82) is 0 Å². The summed E-state index contributed by atoms with van der Waals surface area (Å²) in [6.45, 7) is 2.06. The van der Waals surface area contributed by atoms with Crippen LogP contribution in [-0.2, 0) is 14.2 Å². The van der Waals surface area contributed by atoms with E-state index in [0.717, 1.165) is 19.4 Å². The molecule has 2 aliphatic heterocycles. The van der Waals surface area contributed by atoms with Crippen molar-refractivity contribution in [2.24, 2.45) is 5.73 Å². The third-order valence-electron chi connectivity index (χ3n) is 2.80. The monoisotopic (exact) mass is 201 g/mol. The van der Waals surface area contributed by atoms with Crippen LogP contribution in [0.15, 0.2) is 0 Å². The minimum Gasteiger partial charge on any atom is -0.378 e. The predicted octanol–water partition coefficient (Wildman–Crippen LogP) is 0.646. The molecule has 0 aromatic heterocycles. The fraction of sp³-hybridized carbons (Fsp3) is 1.00. The molecule has 2 fully saturated rings. The molecule has 3 unspecified atom stereocenters. The highest BCUT2D eigenvalue weighted by Crippen LogP contribution is 2.22. The first-order valence-corrected chi connectivity index (χ1v) is 5.47. The Bertz CT molecular complexity index is 171. The molecule has 0 aromatic carbocycles. The first-order valence-electron chi connectivity index (χ1n) is 5.47. The number of hydrogen-bond acceptors (Lipinski definition) is 4. The van der Waals surface area contributed by atoms with Crippen molar-refractivity contribution in [1.82, 2.24) is 0 Å². The van der Waals surface area contributed by atoms with Crippen molar-refractivity contribution in [2.45, 2.75) is 44.2 Å². The van der Waals surface area contributed by atoms with Crippen LogP contribution in [0.3, 0.4) is 0 Å². The summed E-state index contributed by atoms with van der Waals surface area (Å²) in [5.74, 6) is 0. The van der Waals surface area contributed by atoms with E-state index in [1.54, 1.807) is 0 Å². The third-order valence-corrected chi connectivity index (χ3v) is 2.80. The molecule has 2 N–H and O–H groups in total. The Morgan fingerprint density at radius 1 is 1.14 bits per heavy atom. The van der Waals surface area contributed by atoms with Crippen LogP contribution in [0.2, 0.25) is 0 Å². The van der Waals surface area contributed by atoms with Gasteiger partial charge in [-0.2, -0.15) is 0 Å². The standard InChI is InChI=1S/C10H19NO3/c11-6-9-7-13-10(14-9)5-8-3-1-2-4-12-8/h8-10H,1-7,11H2. The summed E-state index contributed by atoms with van der Waals surface area (Å²) < 4.78 is 16.7. The second-order valence-corrected chi connectivity index (χ2v) is 3.98. The molecule has 0 amide bonds. The minimum absolute atomic E-state index is 0.0867. The van der Waals surface area contributed by atoms with Crippen LogP contribution in [-0.4, -0.2) is 38.3 Å². The Labute approximate surface area is 84.7 Å². The smallest absolute Gasteiger partial charge is 0.160 e. The minimum atomic E-state index is -0.0911. The Morgan fingerprint density at radius 3 is 2.71 bits per heavy atom. The van der Waals surface area contributed by atoms with E-state index in [9.17, 15) is 0 Å². The van der Waals surface area contributed by atoms with Gasteiger partial charge in [0.2, 0.25) is 0 Å². The fourth-order valence-corrected chi connectivity index (χ4v) is 1.96. The molecular formula is C10H19NO3. The van der Waals surface area contributed by atoms with Crippen molar-refractivity contribution in [2.75, 3.05) is 19.8 Å². The van der Waals surface area contributed by atoms with Crippen LogP contribution in [0.1, 0.15) is 25.7 Å². The Balaban J connectivity index is 1.69. The summed E-state index contributed by atoms with van der Waals surface area (Å²) in [5, 5.41) is 0. The summed E-state index contributed by atoms with van der Waals surface area (Å²) in [4.78, 5) is 0. The van der Waals surface area contributed by atoms with Crippen molar-refractivity contribution in [3.05, 3.63) is 0 Å². The van der Waals surface area contributed by atoms with Gasteiger partial charge in [0.05, 0.1) is 18.8 Å². The van der Waals surface area contributed by atoms with Gasteiger partial charge < -0.3 is 19.9 Å². The van der Waals surface area contributed by atoms with Crippen LogP contribution >= 0.6 is 0 Å². The van der Waals surface area contributed by atoms with Gasteiger partial charge in [0.25, 0.3) is 0 Å². The second kappa shape index (κ2) is 5.07. The molecule has 82 valence electrons. The molecule has 4 heteroatoms. The molecule has 0 radical (unpaired) electrons. The van der Waals surface area contributed by atoms with Gasteiger partial charge in [0, 0.05) is 19.6 Å². The molecule has 2 rings (SSSR count). The first kappa shape index (κ1) is 10.4. The van der Waals surface area contributed by atoms with Gasteiger partial charge in [-0.25, -0.2) is 0 Å².